The van der Waals surface area contributed by atoms with E-state index in [2.05, 4.69) is 26.1 Å². The number of nitrogens with one attached hydrogen (secondary N) is 1. The molecule has 1 saturated heterocycles. The average molecular weight is 331 g/mol. The van der Waals surface area contributed by atoms with Gasteiger partial charge in [0.1, 0.15) is 5.82 Å². The van der Waals surface area contributed by atoms with E-state index in [0.29, 0.717) is 4.47 Å². The number of hydrogen-bond donors (Lipinski definition) is 2. The van der Waals surface area contributed by atoms with E-state index in [0.717, 1.165) is 38.2 Å². The number of hydrogen-bond acceptors (Lipinski definition) is 3. The average Bonchev–Trinajstić information content (AvgIpc) is 2.67. The lowest BCUT2D eigenvalue weighted by atomic mass is 9.90. The molecule has 1 fully saturated rings. The highest BCUT2D eigenvalue weighted by atomic mass is 79.9. The summed E-state index contributed by atoms with van der Waals surface area (Å²) in [7, 11) is 0. The Morgan fingerprint density at radius 3 is 2.89 bits per heavy atom. The van der Waals surface area contributed by atoms with Gasteiger partial charge < -0.3 is 10.4 Å². The first-order valence-corrected chi connectivity index (χ1v) is 7.39. The van der Waals surface area contributed by atoms with E-state index in [1.165, 1.54) is 12.1 Å². The molecule has 2 rings (SSSR count). The molecule has 1 heterocycles. The van der Waals surface area contributed by atoms with Gasteiger partial charge in [0.25, 0.3) is 0 Å². The Kier molecular flexibility index (Phi) is 4.95. The Balaban J connectivity index is 2.34. The first-order chi connectivity index (χ1) is 9.08. The molecular weight excluding hydrogens is 311 g/mol. The minimum absolute atomic E-state index is 0.0111. The summed E-state index contributed by atoms with van der Waals surface area (Å²) in [4.78, 5) is 2.27. The van der Waals surface area contributed by atoms with Crippen LogP contribution < -0.4 is 5.32 Å². The molecular formula is C14H20BrFN2O. The molecule has 0 spiro atoms. The molecule has 2 N–H and O–H groups in total. The molecule has 1 unspecified atom stereocenters. The van der Waals surface area contributed by atoms with Gasteiger partial charge in [-0.15, -0.1) is 0 Å². The standard InChI is InChI=1S/C14H20BrFN2O/c1-14(10-19,18-7-2-5-17-6-8-18)12-4-3-11(16)9-13(12)15/h3-4,9,17,19H,2,5-8,10H2,1H3. The summed E-state index contributed by atoms with van der Waals surface area (Å²) in [5.41, 5.74) is 0.441. The SMILES string of the molecule is CC(CO)(c1ccc(F)cc1Br)N1CCCNCC1. The fourth-order valence-corrected chi connectivity index (χ4v) is 3.40. The molecule has 106 valence electrons. The minimum atomic E-state index is -0.488. The maximum absolute atomic E-state index is 13.2. The van der Waals surface area contributed by atoms with Gasteiger partial charge in [0.2, 0.25) is 0 Å². The topological polar surface area (TPSA) is 35.5 Å². The largest absolute Gasteiger partial charge is 0.394 e. The van der Waals surface area contributed by atoms with E-state index in [1.807, 2.05) is 6.92 Å². The summed E-state index contributed by atoms with van der Waals surface area (Å²) < 4.78 is 13.9. The van der Waals surface area contributed by atoms with Crippen molar-refractivity contribution in [2.75, 3.05) is 32.8 Å². The van der Waals surface area contributed by atoms with E-state index in [9.17, 15) is 9.50 Å². The predicted molar refractivity (Wildman–Crippen MR) is 77.6 cm³/mol. The van der Waals surface area contributed by atoms with Gasteiger partial charge in [0.15, 0.2) is 0 Å². The lowest BCUT2D eigenvalue weighted by molar-refractivity contribution is 0.0447. The van der Waals surface area contributed by atoms with Gasteiger partial charge in [-0.1, -0.05) is 22.0 Å². The maximum Gasteiger partial charge on any atom is 0.124 e. The van der Waals surface area contributed by atoms with Crippen LogP contribution in [0.3, 0.4) is 0 Å². The molecule has 1 aliphatic heterocycles. The van der Waals surface area contributed by atoms with Gasteiger partial charge in [0, 0.05) is 24.1 Å². The summed E-state index contributed by atoms with van der Waals surface area (Å²) in [5.74, 6) is -0.270. The first-order valence-electron chi connectivity index (χ1n) is 6.60. The van der Waals surface area contributed by atoms with Crippen molar-refractivity contribution >= 4 is 15.9 Å². The quantitative estimate of drug-likeness (QED) is 0.890. The molecule has 0 radical (unpaired) electrons. The zero-order valence-electron chi connectivity index (χ0n) is 11.1. The molecule has 19 heavy (non-hydrogen) atoms. The van der Waals surface area contributed by atoms with E-state index < -0.39 is 5.54 Å². The third-order valence-electron chi connectivity index (χ3n) is 3.86. The predicted octanol–water partition coefficient (Wildman–Crippen LogP) is 2.09. The van der Waals surface area contributed by atoms with E-state index in [-0.39, 0.29) is 12.4 Å². The number of aliphatic hydroxyl groups is 1. The van der Waals surface area contributed by atoms with Crippen molar-refractivity contribution in [2.45, 2.75) is 18.9 Å². The molecule has 0 saturated carbocycles. The van der Waals surface area contributed by atoms with Crippen molar-refractivity contribution < 1.29 is 9.50 Å². The van der Waals surface area contributed by atoms with Crippen LogP contribution in [0.15, 0.2) is 22.7 Å². The van der Waals surface area contributed by atoms with Crippen LogP contribution in [0.1, 0.15) is 18.9 Å². The van der Waals surface area contributed by atoms with E-state index in [1.54, 1.807) is 6.07 Å². The second kappa shape index (κ2) is 6.31. The fourth-order valence-electron chi connectivity index (χ4n) is 2.62. The smallest absolute Gasteiger partial charge is 0.124 e. The highest BCUT2D eigenvalue weighted by Gasteiger charge is 2.34. The molecule has 1 aliphatic rings. The van der Waals surface area contributed by atoms with Crippen molar-refractivity contribution in [1.82, 2.24) is 10.2 Å². The second-order valence-corrected chi connectivity index (χ2v) is 6.00. The van der Waals surface area contributed by atoms with E-state index in [4.69, 9.17) is 0 Å². The Bertz CT molecular complexity index is 435. The van der Waals surface area contributed by atoms with Crippen LogP contribution in [-0.2, 0) is 5.54 Å². The number of rotatable bonds is 3. The van der Waals surface area contributed by atoms with Crippen LogP contribution in [0.4, 0.5) is 4.39 Å². The van der Waals surface area contributed by atoms with Crippen molar-refractivity contribution in [3.8, 4) is 0 Å². The lowest BCUT2D eigenvalue weighted by Gasteiger charge is -2.40. The molecule has 1 aromatic rings. The van der Waals surface area contributed by atoms with Gasteiger partial charge in [0.05, 0.1) is 12.1 Å². The van der Waals surface area contributed by atoms with Crippen molar-refractivity contribution in [1.29, 1.82) is 0 Å². The lowest BCUT2D eigenvalue weighted by Crippen LogP contribution is -2.48. The van der Waals surface area contributed by atoms with Gasteiger partial charge >= 0.3 is 0 Å². The summed E-state index contributed by atoms with van der Waals surface area (Å²) in [6, 6.07) is 4.66. The van der Waals surface area contributed by atoms with Gasteiger partial charge in [-0.2, -0.15) is 0 Å². The molecule has 0 amide bonds. The molecule has 5 heteroatoms. The number of benzene rings is 1. The monoisotopic (exact) mass is 330 g/mol. The van der Waals surface area contributed by atoms with Crippen LogP contribution in [-0.4, -0.2) is 42.8 Å². The van der Waals surface area contributed by atoms with Crippen molar-refractivity contribution in [3.63, 3.8) is 0 Å². The first kappa shape index (κ1) is 14.9. The second-order valence-electron chi connectivity index (χ2n) is 5.15. The summed E-state index contributed by atoms with van der Waals surface area (Å²) >= 11 is 3.42. The van der Waals surface area contributed by atoms with Gasteiger partial charge in [-0.3, -0.25) is 4.90 Å². The Hall–Kier alpha value is -0.490. The Morgan fingerprint density at radius 2 is 2.21 bits per heavy atom. The van der Waals surface area contributed by atoms with Crippen LogP contribution in [0.25, 0.3) is 0 Å². The molecule has 3 nitrogen and oxygen atoms in total. The third kappa shape index (κ3) is 3.16. The highest BCUT2D eigenvalue weighted by molar-refractivity contribution is 9.10. The van der Waals surface area contributed by atoms with E-state index >= 15 is 0 Å². The van der Waals surface area contributed by atoms with Crippen molar-refractivity contribution in [2.24, 2.45) is 0 Å². The summed E-state index contributed by atoms with van der Waals surface area (Å²) in [6.45, 7) is 5.74. The Labute approximate surface area is 121 Å². The maximum atomic E-state index is 13.2. The number of halogens is 2. The summed E-state index contributed by atoms with van der Waals surface area (Å²) in [6.07, 6.45) is 1.05. The normalized spacial score (nSPS) is 20.8. The third-order valence-corrected chi connectivity index (χ3v) is 4.51. The molecule has 0 bridgehead atoms. The van der Waals surface area contributed by atoms with Crippen LogP contribution in [0.5, 0.6) is 0 Å². The van der Waals surface area contributed by atoms with Gasteiger partial charge in [-0.25, -0.2) is 4.39 Å². The zero-order valence-corrected chi connectivity index (χ0v) is 12.7. The number of nitrogens with zero attached hydrogens (tertiary/aromatic N) is 1. The van der Waals surface area contributed by atoms with Crippen LogP contribution in [0, 0.1) is 5.82 Å². The fraction of sp³-hybridized carbons (Fsp3) is 0.571. The zero-order chi connectivity index (χ0) is 13.9. The van der Waals surface area contributed by atoms with Crippen LogP contribution >= 0.6 is 15.9 Å². The molecule has 1 aromatic carbocycles. The molecule has 0 aromatic heterocycles. The van der Waals surface area contributed by atoms with Crippen LogP contribution in [0.2, 0.25) is 0 Å². The summed E-state index contributed by atoms with van der Waals surface area (Å²) in [5, 5.41) is 13.3. The highest BCUT2D eigenvalue weighted by Crippen LogP contribution is 2.34. The minimum Gasteiger partial charge on any atom is -0.394 e. The molecule has 0 aliphatic carbocycles. The molecule has 1 atom stereocenters. The van der Waals surface area contributed by atoms with Gasteiger partial charge in [-0.05, 0) is 37.6 Å². The Morgan fingerprint density at radius 1 is 1.42 bits per heavy atom. The number of aliphatic hydroxyl groups excluding tert-OH is 1. The van der Waals surface area contributed by atoms with Crippen molar-refractivity contribution in [3.05, 3.63) is 34.1 Å².